The Kier molecular flexibility index (Phi) is 6.13. The summed E-state index contributed by atoms with van der Waals surface area (Å²) in [4.78, 5) is 23.1. The zero-order valence-electron chi connectivity index (χ0n) is 16.2. The highest BCUT2D eigenvalue weighted by Gasteiger charge is 2.25. The molecule has 30 heavy (non-hydrogen) atoms. The molecule has 0 saturated heterocycles. The van der Waals surface area contributed by atoms with Crippen molar-refractivity contribution < 1.29 is 37.3 Å². The van der Waals surface area contributed by atoms with E-state index in [0.29, 0.717) is 11.3 Å². The summed E-state index contributed by atoms with van der Waals surface area (Å²) in [5.74, 6) is -1.29. The predicted molar refractivity (Wildman–Crippen MR) is 107 cm³/mol. The number of nitrogens with one attached hydrogen (secondary N) is 2. The molecule has 0 spiro atoms. The van der Waals surface area contributed by atoms with Gasteiger partial charge in [-0.15, -0.1) is 0 Å². The molecule has 0 aliphatic carbocycles. The Morgan fingerprint density at radius 1 is 1.17 bits per heavy atom. The summed E-state index contributed by atoms with van der Waals surface area (Å²) in [6.07, 6.45) is 0.0685. The summed E-state index contributed by atoms with van der Waals surface area (Å²) in [5, 5.41) is 12.1. The van der Waals surface area contributed by atoms with Crippen molar-refractivity contribution >= 4 is 33.3 Å². The van der Waals surface area contributed by atoms with Crippen molar-refractivity contribution in [1.82, 2.24) is 0 Å². The van der Waals surface area contributed by atoms with Crippen LogP contribution in [0, 0.1) is 0 Å². The Balaban J connectivity index is 1.97. The number of carboxylic acids is 1. The van der Waals surface area contributed by atoms with Crippen LogP contribution in [0.2, 0.25) is 0 Å². The summed E-state index contributed by atoms with van der Waals surface area (Å²) >= 11 is 0. The molecule has 3 N–H and O–H groups in total. The first-order valence-electron chi connectivity index (χ1n) is 8.78. The van der Waals surface area contributed by atoms with Gasteiger partial charge in [-0.2, -0.15) is 0 Å². The van der Waals surface area contributed by atoms with Gasteiger partial charge in [0, 0.05) is 24.9 Å². The number of carbonyl (C=O) groups excluding carboxylic acids is 1. The smallest absolute Gasteiger partial charge is 0.337 e. The van der Waals surface area contributed by atoms with Crippen LogP contribution in [0.4, 0.5) is 11.4 Å². The lowest BCUT2D eigenvalue weighted by atomic mass is 10.1. The van der Waals surface area contributed by atoms with E-state index >= 15 is 0 Å². The van der Waals surface area contributed by atoms with E-state index in [4.69, 9.17) is 14.2 Å². The Bertz CT molecular complexity index is 1100. The Hall–Kier alpha value is -3.31. The first kappa shape index (κ1) is 21.4. The van der Waals surface area contributed by atoms with Crippen molar-refractivity contribution in [3.63, 3.8) is 0 Å². The molecule has 1 aliphatic rings. The molecule has 11 heteroatoms. The normalized spacial score (nSPS) is 12.8. The molecule has 1 amide bonds. The molecule has 0 saturated carbocycles. The summed E-state index contributed by atoms with van der Waals surface area (Å²) in [5.41, 5.74) is 0.584. The van der Waals surface area contributed by atoms with Crippen LogP contribution >= 0.6 is 0 Å². The SMILES string of the molecule is COCCOc1cc(NS(=O)(=O)c2ccc3c(c2)CC(=O)N3)c(C(=O)O)cc1OC. The molecule has 2 aromatic carbocycles. The molecule has 0 aromatic heterocycles. The molecular formula is C19H20N2O8S. The van der Waals surface area contributed by atoms with Crippen LogP contribution in [0.1, 0.15) is 15.9 Å². The van der Waals surface area contributed by atoms with E-state index in [1.165, 1.54) is 44.6 Å². The second-order valence-corrected chi connectivity index (χ2v) is 8.03. The number of carbonyl (C=O) groups is 2. The van der Waals surface area contributed by atoms with Gasteiger partial charge in [-0.25, -0.2) is 13.2 Å². The Morgan fingerprint density at radius 3 is 2.60 bits per heavy atom. The lowest BCUT2D eigenvalue weighted by Crippen LogP contribution is -2.16. The van der Waals surface area contributed by atoms with Crippen LogP contribution in [0.5, 0.6) is 11.5 Å². The maximum atomic E-state index is 12.9. The molecule has 0 atom stereocenters. The topological polar surface area (TPSA) is 140 Å². The molecule has 10 nitrogen and oxygen atoms in total. The van der Waals surface area contributed by atoms with Crippen LogP contribution in [0.25, 0.3) is 0 Å². The van der Waals surface area contributed by atoms with Crippen LogP contribution in [0.3, 0.4) is 0 Å². The zero-order chi connectivity index (χ0) is 21.9. The van der Waals surface area contributed by atoms with Gasteiger partial charge in [0.05, 0.1) is 36.3 Å². The first-order chi connectivity index (χ1) is 14.2. The number of sulfonamides is 1. The number of benzene rings is 2. The number of amides is 1. The molecule has 0 unspecified atom stereocenters. The largest absolute Gasteiger partial charge is 0.493 e. The molecule has 0 radical (unpaired) electrons. The minimum atomic E-state index is -4.14. The molecule has 1 aliphatic heterocycles. The molecule has 0 bridgehead atoms. The number of carboxylic acid groups (broad SMARTS) is 1. The van der Waals surface area contributed by atoms with Crippen LogP contribution in [-0.4, -0.2) is 52.8 Å². The molecule has 1 heterocycles. The first-order valence-corrected chi connectivity index (χ1v) is 10.3. The van der Waals surface area contributed by atoms with Crippen molar-refractivity contribution in [2.75, 3.05) is 37.5 Å². The van der Waals surface area contributed by atoms with Gasteiger partial charge in [0.1, 0.15) is 6.61 Å². The number of hydrogen-bond donors (Lipinski definition) is 3. The van der Waals surface area contributed by atoms with Gasteiger partial charge in [-0.1, -0.05) is 0 Å². The average molecular weight is 436 g/mol. The van der Waals surface area contributed by atoms with Crippen molar-refractivity contribution in [2.24, 2.45) is 0 Å². The van der Waals surface area contributed by atoms with Gasteiger partial charge in [0.2, 0.25) is 5.91 Å². The number of rotatable bonds is 9. The number of methoxy groups -OCH3 is 2. The number of ether oxygens (including phenoxy) is 3. The maximum absolute atomic E-state index is 12.9. The van der Waals surface area contributed by atoms with E-state index in [0.717, 1.165) is 0 Å². The summed E-state index contributed by atoms with van der Waals surface area (Å²) in [7, 11) is -1.31. The van der Waals surface area contributed by atoms with E-state index in [1.807, 2.05) is 0 Å². The van der Waals surface area contributed by atoms with E-state index < -0.39 is 16.0 Å². The van der Waals surface area contributed by atoms with Gasteiger partial charge in [0.25, 0.3) is 10.0 Å². The van der Waals surface area contributed by atoms with Crippen molar-refractivity contribution in [3.05, 3.63) is 41.5 Å². The van der Waals surface area contributed by atoms with Crippen molar-refractivity contribution in [1.29, 1.82) is 0 Å². The van der Waals surface area contributed by atoms with Gasteiger partial charge in [-0.3, -0.25) is 9.52 Å². The second kappa shape index (κ2) is 8.59. The fourth-order valence-electron chi connectivity index (χ4n) is 2.91. The van der Waals surface area contributed by atoms with Gasteiger partial charge in [-0.05, 0) is 23.8 Å². The summed E-state index contributed by atoms with van der Waals surface area (Å²) in [6, 6.07) is 6.60. The fraction of sp³-hybridized carbons (Fsp3) is 0.263. The third kappa shape index (κ3) is 4.47. The van der Waals surface area contributed by atoms with E-state index in [9.17, 15) is 23.1 Å². The predicted octanol–water partition coefficient (Wildman–Crippen LogP) is 1.71. The van der Waals surface area contributed by atoms with Crippen molar-refractivity contribution in [2.45, 2.75) is 11.3 Å². The highest BCUT2D eigenvalue weighted by molar-refractivity contribution is 7.92. The second-order valence-electron chi connectivity index (χ2n) is 6.34. The van der Waals surface area contributed by atoms with Crippen LogP contribution in [0.15, 0.2) is 35.2 Å². The van der Waals surface area contributed by atoms with E-state index in [-0.39, 0.29) is 53.2 Å². The van der Waals surface area contributed by atoms with Gasteiger partial charge in [0.15, 0.2) is 11.5 Å². The van der Waals surface area contributed by atoms with E-state index in [2.05, 4.69) is 10.0 Å². The van der Waals surface area contributed by atoms with Crippen LogP contribution in [-0.2, 0) is 26.0 Å². The monoisotopic (exact) mass is 436 g/mol. The third-order valence-corrected chi connectivity index (χ3v) is 5.70. The Morgan fingerprint density at radius 2 is 1.93 bits per heavy atom. The Labute approximate surface area is 172 Å². The third-order valence-electron chi connectivity index (χ3n) is 4.34. The fourth-order valence-corrected chi connectivity index (χ4v) is 4.03. The number of hydrogen-bond acceptors (Lipinski definition) is 7. The minimum Gasteiger partial charge on any atom is -0.493 e. The number of fused-ring (bicyclic) bond motifs is 1. The molecule has 2 aromatic rings. The molecule has 0 fully saturated rings. The minimum absolute atomic E-state index is 0.0685. The average Bonchev–Trinajstić information content (AvgIpc) is 3.07. The summed E-state index contributed by atoms with van der Waals surface area (Å²) < 4.78 is 43.6. The van der Waals surface area contributed by atoms with Crippen molar-refractivity contribution in [3.8, 4) is 11.5 Å². The highest BCUT2D eigenvalue weighted by Crippen LogP contribution is 2.35. The quantitative estimate of drug-likeness (QED) is 0.505. The maximum Gasteiger partial charge on any atom is 0.337 e. The standard InChI is InChI=1S/C19H20N2O8S/c1-27-5-6-29-17-10-15(13(19(23)24)9-16(17)28-2)21-30(25,26)12-3-4-14-11(7-12)8-18(22)20-14/h3-4,7,9-10,21H,5-6,8H2,1-2H3,(H,20,22)(H,23,24). The number of aromatic carboxylic acids is 1. The molecular weight excluding hydrogens is 416 g/mol. The molecule has 3 rings (SSSR count). The summed E-state index contributed by atoms with van der Waals surface area (Å²) in [6.45, 7) is 0.421. The molecule has 160 valence electrons. The zero-order valence-corrected chi connectivity index (χ0v) is 17.0. The highest BCUT2D eigenvalue weighted by atomic mass is 32.2. The van der Waals surface area contributed by atoms with Gasteiger partial charge < -0.3 is 24.6 Å². The number of anilines is 2. The van der Waals surface area contributed by atoms with Gasteiger partial charge >= 0.3 is 5.97 Å². The lowest BCUT2D eigenvalue weighted by molar-refractivity contribution is -0.115. The van der Waals surface area contributed by atoms with E-state index in [1.54, 1.807) is 0 Å². The lowest BCUT2D eigenvalue weighted by Gasteiger charge is -2.16. The van der Waals surface area contributed by atoms with Crippen LogP contribution < -0.4 is 19.5 Å².